The Bertz CT molecular complexity index is 676. The van der Waals surface area contributed by atoms with Gasteiger partial charge in [-0.3, -0.25) is 4.79 Å². The number of halogens is 3. The number of ether oxygens (including phenoxy) is 2. The van der Waals surface area contributed by atoms with Crippen molar-refractivity contribution in [2.75, 3.05) is 0 Å². The van der Waals surface area contributed by atoms with Crippen LogP contribution in [0.1, 0.15) is 71.1 Å². The van der Waals surface area contributed by atoms with Crippen molar-refractivity contribution in [1.29, 1.82) is 0 Å². The van der Waals surface area contributed by atoms with Crippen molar-refractivity contribution in [3.8, 4) is 11.5 Å². The molecular weight excluding hydrogens is 421 g/mol. The van der Waals surface area contributed by atoms with Crippen LogP contribution in [0, 0.1) is 11.8 Å². The number of hydrogen-bond acceptors (Lipinski definition) is 3. The Morgan fingerprint density at radius 1 is 0.968 bits per heavy atom. The van der Waals surface area contributed by atoms with Gasteiger partial charge in [-0.1, -0.05) is 70.4 Å². The summed E-state index contributed by atoms with van der Waals surface area (Å²) in [5.74, 6) is 0.548. The summed E-state index contributed by atoms with van der Waals surface area (Å²) in [6.45, 7) is 2.26. The SMILES string of the molecule is CCCCCC1CCC([SiH]2CCC(C(=O)Oc3ccc(OC(F)(F)F)cc3)CC2)CC1. The normalized spacial score (nSPS) is 27.0. The van der Waals surface area contributed by atoms with E-state index in [1.165, 1.54) is 87.7 Å². The van der Waals surface area contributed by atoms with E-state index in [0.29, 0.717) is 0 Å². The lowest BCUT2D eigenvalue weighted by Gasteiger charge is -2.36. The van der Waals surface area contributed by atoms with E-state index in [9.17, 15) is 18.0 Å². The zero-order valence-electron chi connectivity index (χ0n) is 18.5. The summed E-state index contributed by atoms with van der Waals surface area (Å²) in [4.78, 5) is 12.5. The van der Waals surface area contributed by atoms with Crippen LogP contribution in [0.4, 0.5) is 13.2 Å². The fourth-order valence-electron chi connectivity index (χ4n) is 5.37. The van der Waals surface area contributed by atoms with Gasteiger partial charge in [0.1, 0.15) is 11.5 Å². The molecule has 0 N–H and O–H groups in total. The van der Waals surface area contributed by atoms with Gasteiger partial charge in [-0.05, 0) is 48.6 Å². The first-order valence-corrected chi connectivity index (χ1v) is 14.2. The first-order chi connectivity index (χ1) is 14.8. The third kappa shape index (κ3) is 7.85. The van der Waals surface area contributed by atoms with Gasteiger partial charge in [0.05, 0.1) is 5.92 Å². The minimum absolute atomic E-state index is 0.0831. The molecule has 1 saturated carbocycles. The van der Waals surface area contributed by atoms with Gasteiger partial charge in [-0.15, -0.1) is 13.2 Å². The Morgan fingerprint density at radius 2 is 1.58 bits per heavy atom. The lowest BCUT2D eigenvalue weighted by molar-refractivity contribution is -0.274. The van der Waals surface area contributed by atoms with Crippen molar-refractivity contribution >= 4 is 14.8 Å². The number of hydrogen-bond donors (Lipinski definition) is 0. The molecule has 1 saturated heterocycles. The molecule has 2 fully saturated rings. The van der Waals surface area contributed by atoms with Crippen LogP contribution >= 0.6 is 0 Å². The van der Waals surface area contributed by atoms with E-state index in [4.69, 9.17) is 4.74 Å². The highest BCUT2D eigenvalue weighted by molar-refractivity contribution is 6.60. The monoisotopic (exact) mass is 456 g/mol. The zero-order valence-corrected chi connectivity index (χ0v) is 19.6. The van der Waals surface area contributed by atoms with Gasteiger partial charge in [-0.2, -0.15) is 0 Å². The van der Waals surface area contributed by atoms with Crippen LogP contribution in [0.15, 0.2) is 24.3 Å². The third-order valence-electron chi connectivity index (χ3n) is 7.15. The Hall–Kier alpha value is -1.50. The van der Waals surface area contributed by atoms with Gasteiger partial charge in [0.25, 0.3) is 0 Å². The maximum atomic E-state index is 12.5. The van der Waals surface area contributed by atoms with E-state index in [2.05, 4.69) is 11.7 Å². The van der Waals surface area contributed by atoms with Crippen LogP contribution in [-0.2, 0) is 4.79 Å². The van der Waals surface area contributed by atoms with Gasteiger partial charge in [0, 0.05) is 8.80 Å². The summed E-state index contributed by atoms with van der Waals surface area (Å²) < 4.78 is 46.0. The van der Waals surface area contributed by atoms with Crippen LogP contribution in [-0.4, -0.2) is 21.1 Å². The molecule has 1 aliphatic carbocycles. The first kappa shape index (κ1) is 24.1. The fourth-order valence-corrected chi connectivity index (χ4v) is 9.59. The molecule has 0 aromatic heterocycles. The number of rotatable bonds is 8. The predicted molar refractivity (Wildman–Crippen MR) is 118 cm³/mol. The lowest BCUT2D eigenvalue weighted by atomic mass is 9.85. The van der Waals surface area contributed by atoms with Gasteiger partial charge in [0.2, 0.25) is 0 Å². The summed E-state index contributed by atoms with van der Waals surface area (Å²) in [6, 6.07) is 7.44. The molecule has 0 unspecified atom stereocenters. The van der Waals surface area contributed by atoms with E-state index in [1.807, 2.05) is 0 Å². The molecule has 1 heterocycles. The number of esters is 1. The van der Waals surface area contributed by atoms with E-state index in [0.717, 1.165) is 24.3 Å². The first-order valence-electron chi connectivity index (χ1n) is 11.9. The van der Waals surface area contributed by atoms with Gasteiger partial charge >= 0.3 is 12.3 Å². The molecule has 1 aromatic rings. The average Bonchev–Trinajstić information content (AvgIpc) is 2.75. The number of alkyl halides is 3. The van der Waals surface area contributed by atoms with Crippen molar-refractivity contribution in [1.82, 2.24) is 0 Å². The van der Waals surface area contributed by atoms with Crippen LogP contribution in [0.25, 0.3) is 0 Å². The molecule has 1 aliphatic heterocycles. The summed E-state index contributed by atoms with van der Waals surface area (Å²) in [6.07, 6.45) is 8.13. The summed E-state index contributed by atoms with van der Waals surface area (Å²) in [5.41, 5.74) is 0.945. The second-order valence-electron chi connectivity index (χ2n) is 9.33. The van der Waals surface area contributed by atoms with Gasteiger partial charge in [-0.25, -0.2) is 0 Å². The third-order valence-corrected chi connectivity index (χ3v) is 11.3. The molecule has 3 rings (SSSR count). The lowest BCUT2D eigenvalue weighted by Crippen LogP contribution is -2.33. The van der Waals surface area contributed by atoms with Gasteiger partial charge < -0.3 is 9.47 Å². The molecule has 1 aromatic carbocycles. The molecule has 31 heavy (non-hydrogen) atoms. The predicted octanol–water partition coefficient (Wildman–Crippen LogP) is 7.27. The molecular formula is C24H35F3O3Si. The summed E-state index contributed by atoms with van der Waals surface area (Å²) in [7, 11) is -0.791. The van der Waals surface area contributed by atoms with E-state index in [1.54, 1.807) is 0 Å². The highest BCUT2D eigenvalue weighted by atomic mass is 28.3. The van der Waals surface area contributed by atoms with Crippen molar-refractivity contribution in [2.45, 2.75) is 95.1 Å². The van der Waals surface area contributed by atoms with Crippen molar-refractivity contribution < 1.29 is 27.4 Å². The Labute approximate surface area is 185 Å². The number of benzene rings is 1. The number of unbranched alkanes of at least 4 members (excludes halogenated alkanes) is 2. The van der Waals surface area contributed by atoms with Crippen LogP contribution in [0.3, 0.4) is 0 Å². The maximum Gasteiger partial charge on any atom is 0.573 e. The summed E-state index contributed by atoms with van der Waals surface area (Å²) >= 11 is 0. The molecule has 0 spiro atoms. The molecule has 0 amide bonds. The minimum Gasteiger partial charge on any atom is -0.426 e. The molecule has 7 heteroatoms. The van der Waals surface area contributed by atoms with E-state index >= 15 is 0 Å². The second kappa shape index (κ2) is 11.4. The fraction of sp³-hybridized carbons (Fsp3) is 0.708. The largest absolute Gasteiger partial charge is 0.573 e. The zero-order chi connectivity index (χ0) is 22.3. The molecule has 174 valence electrons. The minimum atomic E-state index is -4.73. The number of carbonyl (C=O) groups is 1. The second-order valence-corrected chi connectivity index (χ2v) is 12.9. The molecule has 3 nitrogen and oxygen atoms in total. The molecule has 0 bridgehead atoms. The number of carbonyl (C=O) groups excluding carboxylic acids is 1. The van der Waals surface area contributed by atoms with E-state index < -0.39 is 15.2 Å². The maximum absolute atomic E-state index is 12.5. The standard InChI is InChI=1S/C24H35F3O3Si/c1-2-3-4-5-18-6-12-22(13-7-18)31-16-14-19(15-17-31)23(28)29-20-8-10-21(11-9-20)30-24(25,26)27/h8-11,18-19,22,31H,2-7,12-17H2,1H3. The van der Waals surface area contributed by atoms with Gasteiger partial charge in [0.15, 0.2) is 0 Å². The van der Waals surface area contributed by atoms with Crippen molar-refractivity contribution in [3.05, 3.63) is 24.3 Å². The summed E-state index contributed by atoms with van der Waals surface area (Å²) in [5, 5.41) is 0. The Balaban J connectivity index is 1.38. The van der Waals surface area contributed by atoms with Crippen molar-refractivity contribution in [3.63, 3.8) is 0 Å². The molecule has 0 radical (unpaired) electrons. The molecule has 0 atom stereocenters. The Morgan fingerprint density at radius 3 is 2.16 bits per heavy atom. The van der Waals surface area contributed by atoms with Crippen LogP contribution < -0.4 is 9.47 Å². The topological polar surface area (TPSA) is 35.5 Å². The average molecular weight is 457 g/mol. The van der Waals surface area contributed by atoms with E-state index in [-0.39, 0.29) is 23.4 Å². The smallest absolute Gasteiger partial charge is 0.426 e. The van der Waals surface area contributed by atoms with Crippen LogP contribution in [0.5, 0.6) is 11.5 Å². The van der Waals surface area contributed by atoms with Crippen molar-refractivity contribution in [2.24, 2.45) is 11.8 Å². The molecule has 2 aliphatic rings. The van der Waals surface area contributed by atoms with Crippen LogP contribution in [0.2, 0.25) is 17.6 Å². The highest BCUT2D eigenvalue weighted by Crippen LogP contribution is 2.42. The quantitative estimate of drug-likeness (QED) is 0.179. The highest BCUT2D eigenvalue weighted by Gasteiger charge is 2.34. The Kier molecular flexibility index (Phi) is 8.87.